The van der Waals surface area contributed by atoms with Gasteiger partial charge in [-0.25, -0.2) is 0 Å². The van der Waals surface area contributed by atoms with Crippen LogP contribution in [0, 0.1) is 5.41 Å². The molecule has 1 amide bonds. The van der Waals surface area contributed by atoms with Crippen LogP contribution in [0.1, 0.15) is 45.1 Å². The van der Waals surface area contributed by atoms with Gasteiger partial charge in [-0.05, 0) is 48.6 Å². The van der Waals surface area contributed by atoms with E-state index in [4.69, 9.17) is 16.3 Å². The molecule has 2 N–H and O–H groups in total. The predicted molar refractivity (Wildman–Crippen MR) is 127 cm³/mol. The smallest absolute Gasteiger partial charge is 0.254 e. The van der Waals surface area contributed by atoms with Gasteiger partial charge in [0.05, 0.1) is 12.8 Å². The first-order chi connectivity index (χ1) is 15.2. The zero-order valence-electron chi connectivity index (χ0n) is 18.7. The number of carbonyl (C=O) groups is 2. The van der Waals surface area contributed by atoms with Crippen LogP contribution in [-0.2, 0) is 9.59 Å². The normalized spacial score (nSPS) is 19.9. The number of methoxy groups -OCH3 is 1. The summed E-state index contributed by atoms with van der Waals surface area (Å²) in [6.07, 6.45) is 1.18. The quantitative estimate of drug-likeness (QED) is 0.637. The standard InChI is InChI=1S/C26H27ClN2O3/c1-15-22(25(31)29-18-10-5-6-11-21(18)32-4)23(16-8-7-9-17(27)12-16)24-19(28-15)13-26(2,3)14-20(24)30/h5-12,23,28H,13-14H2,1-4H3,(H,29,31)/t23-/m1/s1. The van der Waals surface area contributed by atoms with Gasteiger partial charge in [0, 0.05) is 39.9 Å². The number of hydrogen-bond acceptors (Lipinski definition) is 4. The highest BCUT2D eigenvalue weighted by molar-refractivity contribution is 6.30. The Labute approximate surface area is 193 Å². The summed E-state index contributed by atoms with van der Waals surface area (Å²) in [6, 6.07) is 14.6. The SMILES string of the molecule is COc1ccccc1NC(=O)C1=C(C)NC2=C(C(=O)CC(C)(C)C2)[C@@H]1c1cccc(Cl)c1. The number of benzene rings is 2. The van der Waals surface area contributed by atoms with E-state index in [0.29, 0.717) is 34.0 Å². The van der Waals surface area contributed by atoms with Crippen molar-refractivity contribution in [2.45, 2.75) is 39.5 Å². The first-order valence-corrected chi connectivity index (χ1v) is 11.0. The average Bonchev–Trinajstić information content (AvgIpc) is 2.72. The third kappa shape index (κ3) is 4.17. The molecule has 0 saturated carbocycles. The van der Waals surface area contributed by atoms with E-state index in [-0.39, 0.29) is 17.1 Å². The molecule has 0 bridgehead atoms. The number of rotatable bonds is 4. The molecule has 1 atom stereocenters. The van der Waals surface area contributed by atoms with E-state index in [1.807, 2.05) is 37.3 Å². The fourth-order valence-electron chi connectivity index (χ4n) is 4.69. The lowest BCUT2D eigenvalue weighted by Gasteiger charge is -2.39. The van der Waals surface area contributed by atoms with Crippen LogP contribution in [0.2, 0.25) is 5.02 Å². The Morgan fingerprint density at radius 2 is 1.91 bits per heavy atom. The number of carbonyl (C=O) groups excluding carboxylic acids is 2. The maximum absolute atomic E-state index is 13.6. The molecule has 166 valence electrons. The van der Waals surface area contributed by atoms with Crippen LogP contribution in [-0.4, -0.2) is 18.8 Å². The number of para-hydroxylation sites is 2. The monoisotopic (exact) mass is 450 g/mol. The number of anilines is 1. The molecular weight excluding hydrogens is 424 g/mol. The molecule has 0 unspecified atom stereocenters. The molecule has 2 aromatic carbocycles. The van der Waals surface area contributed by atoms with E-state index < -0.39 is 5.92 Å². The van der Waals surface area contributed by atoms with Gasteiger partial charge in [0.15, 0.2) is 5.78 Å². The Hall–Kier alpha value is -3.05. The molecule has 6 heteroatoms. The highest BCUT2D eigenvalue weighted by Gasteiger charge is 2.42. The molecule has 0 radical (unpaired) electrons. The molecule has 1 aliphatic carbocycles. The molecule has 2 aromatic rings. The summed E-state index contributed by atoms with van der Waals surface area (Å²) >= 11 is 6.30. The Morgan fingerprint density at radius 1 is 1.16 bits per heavy atom. The van der Waals surface area contributed by atoms with Gasteiger partial charge < -0.3 is 15.4 Å². The van der Waals surface area contributed by atoms with Crippen molar-refractivity contribution in [1.82, 2.24) is 5.32 Å². The Morgan fingerprint density at radius 3 is 2.62 bits per heavy atom. The van der Waals surface area contributed by atoms with Crippen LogP contribution in [0.25, 0.3) is 0 Å². The van der Waals surface area contributed by atoms with Crippen LogP contribution in [0.15, 0.2) is 71.1 Å². The van der Waals surface area contributed by atoms with Crippen molar-refractivity contribution in [1.29, 1.82) is 0 Å². The summed E-state index contributed by atoms with van der Waals surface area (Å²) in [5.41, 5.74) is 4.03. The Balaban J connectivity index is 1.82. The molecule has 1 aliphatic heterocycles. The van der Waals surface area contributed by atoms with Crippen molar-refractivity contribution in [3.63, 3.8) is 0 Å². The van der Waals surface area contributed by atoms with E-state index in [9.17, 15) is 9.59 Å². The average molecular weight is 451 g/mol. The molecule has 0 spiro atoms. The topological polar surface area (TPSA) is 67.4 Å². The second kappa shape index (κ2) is 8.47. The van der Waals surface area contributed by atoms with Gasteiger partial charge in [0.25, 0.3) is 5.91 Å². The highest BCUT2D eigenvalue weighted by Crippen LogP contribution is 2.47. The molecule has 1 heterocycles. The molecule has 32 heavy (non-hydrogen) atoms. The molecule has 2 aliphatic rings. The molecule has 0 fully saturated rings. The minimum Gasteiger partial charge on any atom is -0.495 e. The number of allylic oxidation sites excluding steroid dienone is 3. The van der Waals surface area contributed by atoms with E-state index in [0.717, 1.165) is 23.4 Å². The molecule has 5 nitrogen and oxygen atoms in total. The molecule has 4 rings (SSSR count). The van der Waals surface area contributed by atoms with Gasteiger partial charge in [-0.15, -0.1) is 0 Å². The van der Waals surface area contributed by atoms with Crippen molar-refractivity contribution in [2.24, 2.45) is 5.41 Å². The van der Waals surface area contributed by atoms with Crippen molar-refractivity contribution in [3.8, 4) is 5.75 Å². The van der Waals surface area contributed by atoms with Gasteiger partial charge >= 0.3 is 0 Å². The third-order valence-corrected chi connectivity index (χ3v) is 6.26. The lowest BCUT2D eigenvalue weighted by atomic mass is 9.68. The summed E-state index contributed by atoms with van der Waals surface area (Å²) < 4.78 is 5.39. The van der Waals surface area contributed by atoms with Gasteiger partial charge in [-0.3, -0.25) is 9.59 Å². The Kier molecular flexibility index (Phi) is 5.87. The molecule has 0 aromatic heterocycles. The summed E-state index contributed by atoms with van der Waals surface area (Å²) in [6.45, 7) is 6.06. The predicted octanol–water partition coefficient (Wildman–Crippen LogP) is 5.59. The molecule has 0 saturated heterocycles. The summed E-state index contributed by atoms with van der Waals surface area (Å²) in [5.74, 6) is -0.154. The van der Waals surface area contributed by atoms with Crippen molar-refractivity contribution >= 4 is 29.0 Å². The van der Waals surface area contributed by atoms with Crippen LogP contribution in [0.5, 0.6) is 5.75 Å². The lowest BCUT2D eigenvalue weighted by Crippen LogP contribution is -2.39. The van der Waals surface area contributed by atoms with Crippen molar-refractivity contribution < 1.29 is 14.3 Å². The summed E-state index contributed by atoms with van der Waals surface area (Å²) in [4.78, 5) is 26.9. The highest BCUT2D eigenvalue weighted by atomic mass is 35.5. The number of ketones is 1. The van der Waals surface area contributed by atoms with Crippen LogP contribution in [0.4, 0.5) is 5.69 Å². The first kappa shape index (κ1) is 22.2. The van der Waals surface area contributed by atoms with E-state index >= 15 is 0 Å². The van der Waals surface area contributed by atoms with Gasteiger partial charge in [0.1, 0.15) is 5.75 Å². The van der Waals surface area contributed by atoms with Crippen molar-refractivity contribution in [3.05, 3.63) is 81.7 Å². The van der Waals surface area contributed by atoms with Crippen LogP contribution < -0.4 is 15.4 Å². The number of amides is 1. The Bertz CT molecular complexity index is 1160. The maximum atomic E-state index is 13.6. The minimum absolute atomic E-state index is 0.0591. The zero-order valence-corrected chi connectivity index (χ0v) is 19.5. The fraction of sp³-hybridized carbons (Fsp3) is 0.308. The number of Topliss-reactive ketones (excluding diaryl/α,β-unsaturated/α-hetero) is 1. The van der Waals surface area contributed by atoms with E-state index in [1.165, 1.54) is 0 Å². The third-order valence-electron chi connectivity index (χ3n) is 6.02. The zero-order chi connectivity index (χ0) is 23.0. The van der Waals surface area contributed by atoms with Gasteiger partial charge in [-0.1, -0.05) is 49.7 Å². The largest absolute Gasteiger partial charge is 0.495 e. The summed E-state index contributed by atoms with van der Waals surface area (Å²) in [7, 11) is 1.56. The second-order valence-corrected chi connectivity index (χ2v) is 9.58. The van der Waals surface area contributed by atoms with Gasteiger partial charge in [-0.2, -0.15) is 0 Å². The lowest BCUT2D eigenvalue weighted by molar-refractivity contribution is -0.118. The van der Waals surface area contributed by atoms with Crippen LogP contribution >= 0.6 is 11.6 Å². The number of hydrogen-bond donors (Lipinski definition) is 2. The van der Waals surface area contributed by atoms with Crippen LogP contribution in [0.3, 0.4) is 0 Å². The first-order valence-electron chi connectivity index (χ1n) is 10.6. The van der Waals surface area contributed by atoms with Gasteiger partial charge in [0.2, 0.25) is 0 Å². The van der Waals surface area contributed by atoms with E-state index in [1.54, 1.807) is 25.3 Å². The maximum Gasteiger partial charge on any atom is 0.254 e. The summed E-state index contributed by atoms with van der Waals surface area (Å²) in [5, 5.41) is 6.92. The van der Waals surface area contributed by atoms with Crippen molar-refractivity contribution in [2.75, 3.05) is 12.4 Å². The van der Waals surface area contributed by atoms with E-state index in [2.05, 4.69) is 24.5 Å². The number of nitrogens with one attached hydrogen (secondary N) is 2. The second-order valence-electron chi connectivity index (χ2n) is 9.14. The number of halogens is 1. The minimum atomic E-state index is -0.497. The number of ether oxygens (including phenoxy) is 1. The number of dihydropyridines is 1. The fourth-order valence-corrected chi connectivity index (χ4v) is 4.89. The molecular formula is C26H27ClN2O3.